The molecule has 1 saturated carbocycles. The Morgan fingerprint density at radius 1 is 1.14 bits per heavy atom. The third-order valence-electron chi connectivity index (χ3n) is 6.74. The van der Waals surface area contributed by atoms with E-state index in [-0.39, 0.29) is 29.8 Å². The highest BCUT2D eigenvalue weighted by molar-refractivity contribution is 7.92. The van der Waals surface area contributed by atoms with E-state index in [2.05, 4.69) is 10.3 Å². The fraction of sp³-hybridized carbons (Fsp3) is 0.417. The highest BCUT2D eigenvalue weighted by Crippen LogP contribution is 2.36. The molecule has 1 saturated heterocycles. The minimum atomic E-state index is -4.56. The summed E-state index contributed by atoms with van der Waals surface area (Å²) in [6.07, 6.45) is -2.32. The number of nitrogens with two attached hydrogens (primary N) is 1. The summed E-state index contributed by atoms with van der Waals surface area (Å²) in [6, 6.07) is 6.81. The molecule has 2 aromatic rings. The highest BCUT2D eigenvalue weighted by atomic mass is 32.2. The summed E-state index contributed by atoms with van der Waals surface area (Å²) in [5, 5.41) is 1.88. The normalized spacial score (nSPS) is 21.8. The second-order valence-corrected chi connectivity index (χ2v) is 11.4. The Labute approximate surface area is 211 Å². The lowest BCUT2D eigenvalue weighted by Crippen LogP contribution is -2.45. The summed E-state index contributed by atoms with van der Waals surface area (Å²) in [5.74, 6) is -1.99. The van der Waals surface area contributed by atoms with Crippen molar-refractivity contribution < 1.29 is 36.0 Å². The maximum atomic E-state index is 13.2. The first-order valence-corrected chi connectivity index (χ1v) is 13.2. The van der Waals surface area contributed by atoms with E-state index in [4.69, 9.17) is 5.73 Å². The molecule has 1 aromatic carbocycles. The van der Waals surface area contributed by atoms with Crippen molar-refractivity contribution in [2.45, 2.75) is 54.6 Å². The van der Waals surface area contributed by atoms with Crippen LogP contribution < -0.4 is 11.1 Å². The second-order valence-electron chi connectivity index (χ2n) is 9.19. The van der Waals surface area contributed by atoms with E-state index in [1.807, 2.05) is 0 Å². The fourth-order valence-electron chi connectivity index (χ4n) is 4.50. The Bertz CT molecular complexity index is 1310. The van der Waals surface area contributed by atoms with Crippen LogP contribution >= 0.6 is 0 Å². The minimum absolute atomic E-state index is 0.0405. The number of primary amides is 1. The van der Waals surface area contributed by atoms with Crippen LogP contribution in [0.1, 0.15) is 47.3 Å². The van der Waals surface area contributed by atoms with Crippen LogP contribution in [0, 0.1) is 5.92 Å². The first-order valence-electron chi connectivity index (χ1n) is 11.6. The van der Waals surface area contributed by atoms with Gasteiger partial charge in [0.25, 0.3) is 5.91 Å². The molecule has 2 heterocycles. The van der Waals surface area contributed by atoms with Crippen molar-refractivity contribution in [1.82, 2.24) is 15.2 Å². The van der Waals surface area contributed by atoms with Gasteiger partial charge < -0.3 is 16.0 Å². The number of carbonyl (C=O) groups is 3. The van der Waals surface area contributed by atoms with Crippen molar-refractivity contribution in [3.8, 4) is 0 Å². The molecule has 1 aliphatic heterocycles. The molecule has 2 fully saturated rings. The number of rotatable bonds is 7. The Balaban J connectivity index is 1.41. The Kier molecular flexibility index (Phi) is 7.27. The monoisotopic (exact) mass is 538 g/mol. The van der Waals surface area contributed by atoms with E-state index in [1.165, 1.54) is 35.2 Å². The van der Waals surface area contributed by atoms with Crippen molar-refractivity contribution in [2.75, 3.05) is 6.54 Å². The molecule has 13 heteroatoms. The van der Waals surface area contributed by atoms with Crippen molar-refractivity contribution in [3.63, 3.8) is 0 Å². The third-order valence-corrected chi connectivity index (χ3v) is 8.92. The largest absolute Gasteiger partial charge is 0.433 e. The lowest BCUT2D eigenvalue weighted by molar-refractivity contribution is -0.141. The van der Waals surface area contributed by atoms with Crippen LogP contribution in [-0.2, 0) is 32.1 Å². The molecular weight excluding hydrogens is 513 g/mol. The van der Waals surface area contributed by atoms with Crippen LogP contribution in [0.2, 0.25) is 0 Å². The summed E-state index contributed by atoms with van der Waals surface area (Å²) in [7, 11) is -3.76. The Morgan fingerprint density at radius 2 is 1.86 bits per heavy atom. The van der Waals surface area contributed by atoms with E-state index >= 15 is 0 Å². The number of hydrogen-bond acceptors (Lipinski definition) is 6. The summed E-state index contributed by atoms with van der Waals surface area (Å²) in [6.45, 7) is 0.225. The van der Waals surface area contributed by atoms with E-state index < -0.39 is 56.6 Å². The number of benzene rings is 1. The maximum Gasteiger partial charge on any atom is 0.433 e. The van der Waals surface area contributed by atoms with Crippen molar-refractivity contribution in [3.05, 3.63) is 59.4 Å². The molecule has 37 heavy (non-hydrogen) atoms. The van der Waals surface area contributed by atoms with E-state index in [0.29, 0.717) is 24.9 Å². The molecule has 1 unspecified atom stereocenters. The molecule has 0 spiro atoms. The average Bonchev–Trinajstić information content (AvgIpc) is 3.30. The molecule has 3 amide bonds. The number of likely N-dealkylation sites (tertiary alicyclic amines) is 1. The molecule has 0 radical (unpaired) electrons. The van der Waals surface area contributed by atoms with Gasteiger partial charge in [0.1, 0.15) is 11.7 Å². The molecule has 2 aliphatic rings. The van der Waals surface area contributed by atoms with Gasteiger partial charge in [-0.3, -0.25) is 19.4 Å². The summed E-state index contributed by atoms with van der Waals surface area (Å²) >= 11 is 0. The van der Waals surface area contributed by atoms with Crippen LogP contribution in [0.25, 0.3) is 0 Å². The number of pyridine rings is 1. The molecule has 3 N–H and O–H groups in total. The summed E-state index contributed by atoms with van der Waals surface area (Å²) < 4.78 is 63.9. The molecule has 1 aliphatic carbocycles. The van der Waals surface area contributed by atoms with Crippen LogP contribution in [0.5, 0.6) is 0 Å². The zero-order valence-corrected chi connectivity index (χ0v) is 20.4. The van der Waals surface area contributed by atoms with Crippen molar-refractivity contribution >= 4 is 27.6 Å². The fourth-order valence-corrected chi connectivity index (χ4v) is 6.42. The first kappa shape index (κ1) is 26.6. The Morgan fingerprint density at radius 3 is 2.49 bits per heavy atom. The molecule has 1 aromatic heterocycles. The van der Waals surface area contributed by atoms with Gasteiger partial charge in [-0.1, -0.05) is 12.1 Å². The van der Waals surface area contributed by atoms with Gasteiger partial charge in [-0.15, -0.1) is 0 Å². The number of carbonyl (C=O) groups excluding carboxylic acids is 3. The first-order chi connectivity index (χ1) is 17.4. The van der Waals surface area contributed by atoms with E-state index in [0.717, 1.165) is 12.3 Å². The number of hydrogen-bond donors (Lipinski definition) is 2. The lowest BCUT2D eigenvalue weighted by Gasteiger charge is -2.32. The number of alkyl halides is 3. The third kappa shape index (κ3) is 5.60. The van der Waals surface area contributed by atoms with Gasteiger partial charge in [0.15, 0.2) is 9.84 Å². The predicted octanol–water partition coefficient (Wildman–Crippen LogP) is 2.06. The standard InChI is InChI=1S/C24H25F3N4O5S/c25-24(26,27)20-7-6-14(12-29-20)13-30-22(33)19-5-2-8-31(19)23(34)15-3-1-4-17(9-15)37(35,36)18-10-16(11-18)21(28)32/h1,3-4,6-7,9,12,16,18-19H,2,5,8,10-11,13H2,(H2,28,32)(H,30,33). The smallest absolute Gasteiger partial charge is 0.369 e. The van der Waals surface area contributed by atoms with Gasteiger partial charge >= 0.3 is 6.18 Å². The van der Waals surface area contributed by atoms with Gasteiger partial charge in [-0.2, -0.15) is 13.2 Å². The van der Waals surface area contributed by atoms with Gasteiger partial charge in [0.2, 0.25) is 11.8 Å². The Hall–Kier alpha value is -3.48. The molecule has 1 atom stereocenters. The molecule has 0 bridgehead atoms. The van der Waals surface area contributed by atoms with Gasteiger partial charge in [0, 0.05) is 30.8 Å². The van der Waals surface area contributed by atoms with Crippen LogP contribution in [0.4, 0.5) is 13.2 Å². The second kappa shape index (κ2) is 10.1. The van der Waals surface area contributed by atoms with Crippen LogP contribution in [-0.4, -0.2) is 53.9 Å². The number of amides is 3. The average molecular weight is 539 g/mol. The maximum absolute atomic E-state index is 13.2. The molecule has 9 nitrogen and oxygen atoms in total. The topological polar surface area (TPSA) is 140 Å². The molecule has 198 valence electrons. The number of sulfone groups is 1. The quantitative estimate of drug-likeness (QED) is 0.553. The highest BCUT2D eigenvalue weighted by Gasteiger charge is 2.42. The van der Waals surface area contributed by atoms with Gasteiger partial charge in [-0.05, 0) is 55.5 Å². The summed E-state index contributed by atoms with van der Waals surface area (Å²) in [4.78, 5) is 41.9. The number of nitrogens with zero attached hydrogens (tertiary/aromatic N) is 2. The predicted molar refractivity (Wildman–Crippen MR) is 124 cm³/mol. The van der Waals surface area contributed by atoms with Crippen LogP contribution in [0.3, 0.4) is 0 Å². The SMILES string of the molecule is NC(=O)C1CC(S(=O)(=O)c2cccc(C(=O)N3CCCC3C(=O)NCc3ccc(C(F)(F)F)nc3)c2)C1. The van der Waals surface area contributed by atoms with Gasteiger partial charge in [0.05, 0.1) is 10.1 Å². The zero-order chi connectivity index (χ0) is 27.0. The zero-order valence-electron chi connectivity index (χ0n) is 19.6. The molecule has 4 rings (SSSR count). The van der Waals surface area contributed by atoms with E-state index in [9.17, 15) is 36.0 Å². The molecular formula is C24H25F3N4O5S. The van der Waals surface area contributed by atoms with Crippen molar-refractivity contribution in [1.29, 1.82) is 0 Å². The lowest BCUT2D eigenvalue weighted by atomic mass is 9.84. The van der Waals surface area contributed by atoms with Crippen molar-refractivity contribution in [2.24, 2.45) is 11.7 Å². The van der Waals surface area contributed by atoms with Crippen LogP contribution in [0.15, 0.2) is 47.5 Å². The number of halogens is 3. The van der Waals surface area contributed by atoms with E-state index in [1.54, 1.807) is 0 Å². The number of nitrogens with one attached hydrogen (secondary N) is 1. The minimum Gasteiger partial charge on any atom is -0.369 e. The summed E-state index contributed by atoms with van der Waals surface area (Å²) in [5.41, 5.74) is 4.67. The number of aromatic nitrogens is 1. The van der Waals surface area contributed by atoms with Gasteiger partial charge in [-0.25, -0.2) is 8.42 Å².